The van der Waals surface area contributed by atoms with E-state index in [1.807, 2.05) is 18.2 Å². The molecule has 2 aromatic rings. The van der Waals surface area contributed by atoms with Gasteiger partial charge in [0.25, 0.3) is 5.91 Å². The highest BCUT2D eigenvalue weighted by molar-refractivity contribution is 6.30. The number of para-hydroxylation sites is 1. The van der Waals surface area contributed by atoms with E-state index >= 15 is 0 Å². The third kappa shape index (κ3) is 5.80. The standard InChI is InChI=1S/C19H20ClNO4/c1-13(19(23)24)17(25-16-5-3-2-4-6-16)11-12-21-18(22)14-7-9-15(20)10-8-14/h2-10,13,17H,11-12H2,1H3,(H,21,22)(H,23,24). The summed E-state index contributed by atoms with van der Waals surface area (Å²) in [4.78, 5) is 23.4. The zero-order chi connectivity index (χ0) is 18.2. The first-order valence-electron chi connectivity index (χ1n) is 7.95. The molecule has 25 heavy (non-hydrogen) atoms. The Kier molecular flexibility index (Phi) is 6.83. The number of nitrogens with one attached hydrogen (secondary N) is 1. The molecule has 0 bridgehead atoms. The number of hydrogen-bond donors (Lipinski definition) is 2. The quantitative estimate of drug-likeness (QED) is 0.752. The van der Waals surface area contributed by atoms with Crippen LogP contribution in [0.25, 0.3) is 0 Å². The first-order valence-corrected chi connectivity index (χ1v) is 8.33. The highest BCUT2D eigenvalue weighted by Gasteiger charge is 2.25. The van der Waals surface area contributed by atoms with Gasteiger partial charge in [-0.15, -0.1) is 0 Å². The Labute approximate surface area is 151 Å². The Morgan fingerprint density at radius 3 is 2.36 bits per heavy atom. The lowest BCUT2D eigenvalue weighted by Gasteiger charge is -2.22. The van der Waals surface area contributed by atoms with E-state index in [4.69, 9.17) is 16.3 Å². The van der Waals surface area contributed by atoms with Crippen LogP contribution in [0.4, 0.5) is 0 Å². The molecule has 2 rings (SSSR count). The summed E-state index contributed by atoms with van der Waals surface area (Å²) in [7, 11) is 0. The lowest BCUT2D eigenvalue weighted by atomic mass is 10.0. The minimum Gasteiger partial charge on any atom is -0.489 e. The predicted molar refractivity (Wildman–Crippen MR) is 96.1 cm³/mol. The molecule has 5 nitrogen and oxygen atoms in total. The molecule has 0 radical (unpaired) electrons. The van der Waals surface area contributed by atoms with Crippen LogP contribution in [0, 0.1) is 5.92 Å². The lowest BCUT2D eigenvalue weighted by molar-refractivity contribution is -0.144. The van der Waals surface area contributed by atoms with E-state index in [1.54, 1.807) is 43.3 Å². The normalized spacial score (nSPS) is 12.9. The summed E-state index contributed by atoms with van der Waals surface area (Å²) in [6.45, 7) is 1.90. The third-order valence-electron chi connectivity index (χ3n) is 3.80. The van der Waals surface area contributed by atoms with E-state index in [0.29, 0.717) is 29.3 Å². The molecule has 0 spiro atoms. The van der Waals surface area contributed by atoms with Crippen molar-refractivity contribution in [3.63, 3.8) is 0 Å². The topological polar surface area (TPSA) is 75.6 Å². The molecule has 0 aliphatic heterocycles. The second-order valence-electron chi connectivity index (χ2n) is 5.65. The smallest absolute Gasteiger partial charge is 0.309 e. The van der Waals surface area contributed by atoms with Crippen molar-refractivity contribution in [3.8, 4) is 5.75 Å². The number of aliphatic carboxylic acids is 1. The molecule has 1 amide bonds. The molecule has 0 aliphatic carbocycles. The first-order chi connectivity index (χ1) is 12.0. The number of carbonyl (C=O) groups excluding carboxylic acids is 1. The van der Waals surface area contributed by atoms with Gasteiger partial charge in [-0.05, 0) is 43.3 Å². The van der Waals surface area contributed by atoms with E-state index in [-0.39, 0.29) is 5.91 Å². The largest absolute Gasteiger partial charge is 0.489 e. The van der Waals surface area contributed by atoms with Gasteiger partial charge in [0.05, 0.1) is 5.92 Å². The summed E-state index contributed by atoms with van der Waals surface area (Å²) in [5.41, 5.74) is 0.496. The van der Waals surface area contributed by atoms with Crippen LogP contribution in [0.15, 0.2) is 54.6 Å². The number of carboxylic acids is 1. The molecular formula is C19H20ClNO4. The SMILES string of the molecule is CC(C(=O)O)C(CCNC(=O)c1ccc(Cl)cc1)Oc1ccccc1. The fourth-order valence-corrected chi connectivity index (χ4v) is 2.40. The summed E-state index contributed by atoms with van der Waals surface area (Å²) in [6, 6.07) is 15.6. The summed E-state index contributed by atoms with van der Waals surface area (Å²) < 4.78 is 5.79. The Hall–Kier alpha value is -2.53. The van der Waals surface area contributed by atoms with Crippen LogP contribution in [0.5, 0.6) is 5.75 Å². The van der Waals surface area contributed by atoms with E-state index in [0.717, 1.165) is 0 Å². The molecule has 0 heterocycles. The van der Waals surface area contributed by atoms with Gasteiger partial charge < -0.3 is 15.2 Å². The molecule has 2 atom stereocenters. The fourth-order valence-electron chi connectivity index (χ4n) is 2.28. The Morgan fingerprint density at radius 1 is 1.12 bits per heavy atom. The van der Waals surface area contributed by atoms with Gasteiger partial charge in [-0.25, -0.2) is 0 Å². The number of halogens is 1. The molecule has 0 fully saturated rings. The average molecular weight is 362 g/mol. The highest BCUT2D eigenvalue weighted by Crippen LogP contribution is 2.18. The van der Waals surface area contributed by atoms with Gasteiger partial charge in [0.2, 0.25) is 0 Å². The van der Waals surface area contributed by atoms with Gasteiger partial charge in [-0.1, -0.05) is 29.8 Å². The molecular weight excluding hydrogens is 342 g/mol. The van der Waals surface area contributed by atoms with E-state index < -0.39 is 18.0 Å². The molecule has 2 N–H and O–H groups in total. The second-order valence-corrected chi connectivity index (χ2v) is 6.08. The number of carboxylic acid groups (broad SMARTS) is 1. The van der Waals surface area contributed by atoms with Crippen molar-refractivity contribution < 1.29 is 19.4 Å². The first kappa shape index (κ1) is 18.8. The molecule has 0 saturated carbocycles. The predicted octanol–water partition coefficient (Wildman–Crippen LogP) is 3.63. The highest BCUT2D eigenvalue weighted by atomic mass is 35.5. The maximum Gasteiger partial charge on any atom is 0.309 e. The number of benzene rings is 2. The number of amides is 1. The Morgan fingerprint density at radius 2 is 1.76 bits per heavy atom. The van der Waals surface area contributed by atoms with E-state index in [9.17, 15) is 14.7 Å². The number of carbonyl (C=O) groups is 2. The van der Waals surface area contributed by atoms with E-state index in [1.165, 1.54) is 0 Å². The van der Waals surface area contributed by atoms with Gasteiger partial charge in [-0.2, -0.15) is 0 Å². The molecule has 0 aliphatic rings. The van der Waals surface area contributed by atoms with Crippen LogP contribution in [0.2, 0.25) is 5.02 Å². The molecule has 2 aromatic carbocycles. The second kappa shape index (κ2) is 9.08. The zero-order valence-corrected chi connectivity index (χ0v) is 14.6. The number of hydrogen-bond acceptors (Lipinski definition) is 3. The van der Waals surface area contributed by atoms with Crippen molar-refractivity contribution in [2.45, 2.75) is 19.4 Å². The van der Waals surface area contributed by atoms with Crippen molar-refractivity contribution in [2.24, 2.45) is 5.92 Å². The monoisotopic (exact) mass is 361 g/mol. The Balaban J connectivity index is 1.93. The Bertz CT molecular complexity index is 703. The minimum absolute atomic E-state index is 0.238. The minimum atomic E-state index is -0.940. The summed E-state index contributed by atoms with van der Waals surface area (Å²) in [6.07, 6.45) is -0.174. The van der Waals surface area contributed by atoms with Crippen molar-refractivity contribution in [3.05, 3.63) is 65.2 Å². The average Bonchev–Trinajstić information content (AvgIpc) is 2.61. The van der Waals surface area contributed by atoms with Crippen LogP contribution < -0.4 is 10.1 Å². The van der Waals surface area contributed by atoms with Gasteiger partial charge in [0.15, 0.2) is 0 Å². The van der Waals surface area contributed by atoms with Crippen molar-refractivity contribution in [2.75, 3.05) is 6.54 Å². The number of rotatable bonds is 8. The molecule has 0 aromatic heterocycles. The van der Waals surface area contributed by atoms with Crippen LogP contribution in [0.1, 0.15) is 23.7 Å². The molecule has 6 heteroatoms. The lowest BCUT2D eigenvalue weighted by Crippen LogP contribution is -2.35. The van der Waals surface area contributed by atoms with Crippen molar-refractivity contribution in [1.29, 1.82) is 0 Å². The van der Waals surface area contributed by atoms with Crippen LogP contribution in [0.3, 0.4) is 0 Å². The van der Waals surface area contributed by atoms with Gasteiger partial charge >= 0.3 is 5.97 Å². The molecule has 0 saturated heterocycles. The zero-order valence-electron chi connectivity index (χ0n) is 13.8. The molecule has 2 unspecified atom stereocenters. The van der Waals surface area contributed by atoms with Crippen molar-refractivity contribution in [1.82, 2.24) is 5.32 Å². The maximum absolute atomic E-state index is 12.1. The van der Waals surface area contributed by atoms with Gasteiger partial charge in [0, 0.05) is 23.6 Å². The van der Waals surface area contributed by atoms with Gasteiger partial charge in [0.1, 0.15) is 11.9 Å². The molecule has 132 valence electrons. The number of ether oxygens (including phenoxy) is 1. The van der Waals surface area contributed by atoms with Crippen LogP contribution >= 0.6 is 11.6 Å². The van der Waals surface area contributed by atoms with Crippen LogP contribution in [-0.2, 0) is 4.79 Å². The summed E-state index contributed by atoms with van der Waals surface area (Å²) in [5, 5.41) is 12.6. The van der Waals surface area contributed by atoms with Crippen LogP contribution in [-0.4, -0.2) is 29.6 Å². The summed E-state index contributed by atoms with van der Waals surface area (Å²) >= 11 is 5.80. The van der Waals surface area contributed by atoms with Gasteiger partial charge in [-0.3, -0.25) is 9.59 Å². The summed E-state index contributed by atoms with van der Waals surface area (Å²) in [5.74, 6) is -1.28. The van der Waals surface area contributed by atoms with Crippen molar-refractivity contribution >= 4 is 23.5 Å². The fraction of sp³-hybridized carbons (Fsp3) is 0.263. The van der Waals surface area contributed by atoms with E-state index in [2.05, 4.69) is 5.32 Å². The third-order valence-corrected chi connectivity index (χ3v) is 4.05. The maximum atomic E-state index is 12.1.